The van der Waals surface area contributed by atoms with Gasteiger partial charge in [0.15, 0.2) is 5.82 Å². The largest absolute Gasteiger partial charge is 0.416 e. The third-order valence-electron chi connectivity index (χ3n) is 5.13. The minimum Gasteiger partial charge on any atom is -0.344 e. The van der Waals surface area contributed by atoms with Crippen LogP contribution in [-0.2, 0) is 12.6 Å². The number of rotatable bonds is 5. The highest BCUT2D eigenvalue weighted by Gasteiger charge is 2.30. The maximum Gasteiger partial charge on any atom is 0.416 e. The molecule has 0 radical (unpaired) electrons. The second kappa shape index (κ2) is 8.91. The molecule has 0 spiro atoms. The first-order chi connectivity index (χ1) is 14.4. The number of benzene rings is 2. The molecule has 0 aliphatic carbocycles. The maximum absolute atomic E-state index is 12.9. The van der Waals surface area contributed by atoms with E-state index < -0.39 is 11.7 Å². The van der Waals surface area contributed by atoms with Gasteiger partial charge < -0.3 is 4.90 Å². The lowest BCUT2D eigenvalue weighted by Gasteiger charge is -2.34. The molecule has 4 nitrogen and oxygen atoms in total. The smallest absolute Gasteiger partial charge is 0.344 e. The van der Waals surface area contributed by atoms with Crippen molar-refractivity contribution in [3.63, 3.8) is 0 Å². The van der Waals surface area contributed by atoms with E-state index in [0.717, 1.165) is 49.5 Å². The standard InChI is InChI=1S/C21H20ClF3N4S/c22-18-6-4-16(5-7-18)19-26-20(30-27-19)29-12-10-28(11-13-29)9-8-15-2-1-3-17(14-15)21(23,24)25/h1-7,14H,8-13H2. The van der Waals surface area contributed by atoms with E-state index in [-0.39, 0.29) is 0 Å². The quantitative estimate of drug-likeness (QED) is 0.529. The molecule has 0 bridgehead atoms. The highest BCUT2D eigenvalue weighted by Crippen LogP contribution is 2.30. The molecule has 30 heavy (non-hydrogen) atoms. The maximum atomic E-state index is 12.9. The average molecular weight is 453 g/mol. The lowest BCUT2D eigenvalue weighted by molar-refractivity contribution is -0.137. The zero-order chi connectivity index (χ0) is 21.1. The first-order valence-corrected chi connectivity index (χ1v) is 10.8. The molecule has 0 atom stereocenters. The molecule has 0 saturated carbocycles. The fraction of sp³-hybridized carbons (Fsp3) is 0.333. The number of anilines is 1. The van der Waals surface area contributed by atoms with Gasteiger partial charge in [0.1, 0.15) is 0 Å². The summed E-state index contributed by atoms with van der Waals surface area (Å²) in [6.07, 6.45) is -3.70. The van der Waals surface area contributed by atoms with E-state index in [1.54, 1.807) is 6.07 Å². The molecule has 3 aromatic rings. The SMILES string of the molecule is FC(F)(F)c1cccc(CCN2CCN(c3nc(-c4ccc(Cl)cc4)ns3)CC2)c1. The van der Waals surface area contributed by atoms with Crippen LogP contribution in [0, 0.1) is 0 Å². The molecule has 0 amide bonds. The number of halogens is 4. The van der Waals surface area contributed by atoms with Gasteiger partial charge in [0.05, 0.1) is 5.56 Å². The van der Waals surface area contributed by atoms with E-state index in [9.17, 15) is 13.2 Å². The predicted molar refractivity (Wildman–Crippen MR) is 114 cm³/mol. The first-order valence-electron chi connectivity index (χ1n) is 9.61. The molecule has 4 rings (SSSR count). The van der Waals surface area contributed by atoms with Crippen LogP contribution in [0.1, 0.15) is 11.1 Å². The van der Waals surface area contributed by atoms with Gasteiger partial charge in [-0.25, -0.2) is 0 Å². The Morgan fingerprint density at radius 1 is 1.00 bits per heavy atom. The third-order valence-corrected chi connectivity index (χ3v) is 6.16. The van der Waals surface area contributed by atoms with Crippen LogP contribution in [0.4, 0.5) is 18.3 Å². The summed E-state index contributed by atoms with van der Waals surface area (Å²) in [7, 11) is 0. The van der Waals surface area contributed by atoms with Crippen LogP contribution in [-0.4, -0.2) is 47.0 Å². The van der Waals surface area contributed by atoms with Crippen LogP contribution in [0.5, 0.6) is 0 Å². The van der Waals surface area contributed by atoms with Crippen molar-refractivity contribution in [2.24, 2.45) is 0 Å². The molecule has 1 aliphatic heterocycles. The van der Waals surface area contributed by atoms with Gasteiger partial charge in [-0.2, -0.15) is 22.5 Å². The molecule has 2 heterocycles. The van der Waals surface area contributed by atoms with Crippen LogP contribution in [0.15, 0.2) is 48.5 Å². The molecule has 0 N–H and O–H groups in total. The number of aromatic nitrogens is 2. The summed E-state index contributed by atoms with van der Waals surface area (Å²) in [5.74, 6) is 0.693. The van der Waals surface area contributed by atoms with Gasteiger partial charge in [0.25, 0.3) is 0 Å². The van der Waals surface area contributed by atoms with Gasteiger partial charge in [0.2, 0.25) is 5.13 Å². The lowest BCUT2D eigenvalue weighted by atomic mass is 10.1. The fourth-order valence-electron chi connectivity index (χ4n) is 3.41. The van der Waals surface area contributed by atoms with E-state index >= 15 is 0 Å². The van der Waals surface area contributed by atoms with Crippen LogP contribution >= 0.6 is 23.1 Å². The highest BCUT2D eigenvalue weighted by atomic mass is 35.5. The van der Waals surface area contributed by atoms with E-state index in [1.807, 2.05) is 24.3 Å². The predicted octanol–water partition coefficient (Wildman–Crippen LogP) is 5.24. The van der Waals surface area contributed by atoms with Crippen LogP contribution < -0.4 is 4.90 Å². The molecule has 1 aromatic heterocycles. The van der Waals surface area contributed by atoms with Crippen molar-refractivity contribution < 1.29 is 13.2 Å². The Labute approximate surface area is 182 Å². The summed E-state index contributed by atoms with van der Waals surface area (Å²) in [4.78, 5) is 9.13. The zero-order valence-corrected chi connectivity index (χ0v) is 17.6. The summed E-state index contributed by atoms with van der Waals surface area (Å²) < 4.78 is 43.0. The van der Waals surface area contributed by atoms with E-state index in [0.29, 0.717) is 22.8 Å². The Hall–Kier alpha value is -2.16. The van der Waals surface area contributed by atoms with Crippen molar-refractivity contribution >= 4 is 28.3 Å². The van der Waals surface area contributed by atoms with Gasteiger partial charge >= 0.3 is 6.18 Å². The molecular formula is C21H20ClF3N4S. The number of alkyl halides is 3. The topological polar surface area (TPSA) is 32.3 Å². The number of hydrogen-bond acceptors (Lipinski definition) is 5. The second-order valence-corrected chi connectivity index (χ2v) is 8.35. The summed E-state index contributed by atoms with van der Waals surface area (Å²) in [6.45, 7) is 4.06. The van der Waals surface area contributed by atoms with E-state index in [4.69, 9.17) is 11.6 Å². The average Bonchev–Trinajstić information content (AvgIpc) is 3.23. The van der Waals surface area contributed by atoms with Crippen molar-refractivity contribution in [2.75, 3.05) is 37.6 Å². The van der Waals surface area contributed by atoms with E-state index in [2.05, 4.69) is 19.2 Å². The molecule has 2 aromatic carbocycles. The molecule has 9 heteroatoms. The second-order valence-electron chi connectivity index (χ2n) is 7.18. The Balaban J connectivity index is 1.30. The van der Waals surface area contributed by atoms with Crippen LogP contribution in [0.2, 0.25) is 5.02 Å². The molecule has 1 aliphatic rings. The Morgan fingerprint density at radius 2 is 1.73 bits per heavy atom. The Morgan fingerprint density at radius 3 is 2.43 bits per heavy atom. The van der Waals surface area contributed by atoms with Crippen LogP contribution in [0.25, 0.3) is 11.4 Å². The Bertz CT molecular complexity index is 982. The van der Waals surface area contributed by atoms with Crippen molar-refractivity contribution in [3.05, 3.63) is 64.7 Å². The fourth-order valence-corrected chi connectivity index (χ4v) is 4.28. The number of nitrogens with zero attached hydrogens (tertiary/aromatic N) is 4. The summed E-state index contributed by atoms with van der Waals surface area (Å²) in [5, 5.41) is 1.56. The Kier molecular flexibility index (Phi) is 6.26. The van der Waals surface area contributed by atoms with Crippen LogP contribution in [0.3, 0.4) is 0 Å². The molecule has 1 saturated heterocycles. The van der Waals surface area contributed by atoms with Crippen molar-refractivity contribution in [1.29, 1.82) is 0 Å². The monoisotopic (exact) mass is 452 g/mol. The molecular weight excluding hydrogens is 433 g/mol. The summed E-state index contributed by atoms with van der Waals surface area (Å²) in [5.41, 5.74) is 1.06. The van der Waals surface area contributed by atoms with Gasteiger partial charge in [-0.3, -0.25) is 4.90 Å². The lowest BCUT2D eigenvalue weighted by Crippen LogP contribution is -2.47. The molecule has 158 valence electrons. The zero-order valence-electron chi connectivity index (χ0n) is 16.1. The first kappa shape index (κ1) is 21.1. The molecule has 0 unspecified atom stereocenters. The van der Waals surface area contributed by atoms with Crippen molar-refractivity contribution in [2.45, 2.75) is 12.6 Å². The minimum absolute atomic E-state index is 0.586. The summed E-state index contributed by atoms with van der Waals surface area (Å²) in [6, 6.07) is 13.0. The van der Waals surface area contributed by atoms with E-state index in [1.165, 1.54) is 23.7 Å². The van der Waals surface area contributed by atoms with Crippen molar-refractivity contribution in [1.82, 2.24) is 14.3 Å². The summed E-state index contributed by atoms with van der Waals surface area (Å²) >= 11 is 7.31. The van der Waals surface area contributed by atoms with Gasteiger partial charge in [-0.05, 0) is 42.3 Å². The van der Waals surface area contributed by atoms with Gasteiger partial charge in [-0.1, -0.05) is 29.8 Å². The van der Waals surface area contributed by atoms with Crippen molar-refractivity contribution in [3.8, 4) is 11.4 Å². The number of hydrogen-bond donors (Lipinski definition) is 0. The third kappa shape index (κ3) is 5.11. The van der Waals surface area contributed by atoms with Gasteiger partial charge in [-0.15, -0.1) is 0 Å². The highest BCUT2D eigenvalue weighted by molar-refractivity contribution is 7.09. The van der Waals surface area contributed by atoms with Gasteiger partial charge in [0, 0.05) is 54.8 Å². The molecule has 1 fully saturated rings. The normalized spacial score (nSPS) is 15.5. The number of piperazine rings is 1. The minimum atomic E-state index is -4.30.